The molecule has 2 aromatic heterocycles. The molecule has 0 aliphatic heterocycles. The van der Waals surface area contributed by atoms with Gasteiger partial charge in [-0.05, 0) is 20.3 Å². The van der Waals surface area contributed by atoms with Crippen molar-refractivity contribution in [2.75, 3.05) is 22.9 Å². The van der Waals surface area contributed by atoms with Gasteiger partial charge in [-0.15, -0.1) is 0 Å². The van der Waals surface area contributed by atoms with Gasteiger partial charge in [-0.2, -0.15) is 9.97 Å². The normalized spacial score (nSPS) is 12.2. The number of anilines is 3. The van der Waals surface area contributed by atoms with Crippen LogP contribution >= 0.6 is 0 Å². The van der Waals surface area contributed by atoms with Crippen LogP contribution in [-0.2, 0) is 0 Å². The fourth-order valence-electron chi connectivity index (χ4n) is 1.74. The first-order chi connectivity index (χ1) is 9.58. The lowest BCUT2D eigenvalue weighted by Crippen LogP contribution is -2.11. The highest BCUT2D eigenvalue weighted by atomic mass is 16.4. The Labute approximate surface area is 118 Å². The summed E-state index contributed by atoms with van der Waals surface area (Å²) in [4.78, 5) is 12.5. The molecule has 0 saturated carbocycles. The van der Waals surface area contributed by atoms with E-state index in [1.165, 1.54) is 0 Å². The van der Waals surface area contributed by atoms with Gasteiger partial charge in [0, 0.05) is 12.6 Å². The second-order valence-corrected chi connectivity index (χ2v) is 4.60. The Morgan fingerprint density at radius 3 is 2.75 bits per heavy atom. The predicted molar refractivity (Wildman–Crippen MR) is 78.5 cm³/mol. The molecule has 108 valence electrons. The largest absolute Gasteiger partial charge is 0.444 e. The molecule has 20 heavy (non-hydrogen) atoms. The Kier molecular flexibility index (Phi) is 4.39. The van der Waals surface area contributed by atoms with Gasteiger partial charge in [0.2, 0.25) is 11.8 Å². The summed E-state index contributed by atoms with van der Waals surface area (Å²) in [6.07, 6.45) is 2.70. The molecular weight excluding hydrogens is 256 g/mol. The maximum atomic E-state index is 5.71. The van der Waals surface area contributed by atoms with Gasteiger partial charge in [-0.3, -0.25) is 0 Å². The summed E-state index contributed by atoms with van der Waals surface area (Å²) in [5, 5.41) is 6.38. The highest BCUT2D eigenvalue weighted by Gasteiger charge is 2.12. The van der Waals surface area contributed by atoms with Crippen molar-refractivity contribution in [3.05, 3.63) is 23.9 Å². The van der Waals surface area contributed by atoms with Crippen LogP contribution in [0.1, 0.15) is 38.0 Å². The van der Waals surface area contributed by atoms with Crippen molar-refractivity contribution in [1.29, 1.82) is 0 Å². The Balaban J connectivity index is 2.10. The van der Waals surface area contributed by atoms with Gasteiger partial charge in [0.1, 0.15) is 23.4 Å². The van der Waals surface area contributed by atoms with Crippen molar-refractivity contribution in [3.8, 4) is 0 Å². The molecule has 0 saturated heterocycles. The molecule has 0 bridgehead atoms. The fourth-order valence-corrected chi connectivity index (χ4v) is 1.74. The highest BCUT2D eigenvalue weighted by molar-refractivity contribution is 5.51. The molecule has 0 fully saturated rings. The average Bonchev–Trinajstić information content (AvgIpc) is 2.82. The number of nitrogens with zero attached hydrogens (tertiary/aromatic N) is 3. The lowest BCUT2D eigenvalue weighted by atomic mass is 10.3. The smallest absolute Gasteiger partial charge is 0.223 e. The first-order valence-corrected chi connectivity index (χ1v) is 6.65. The van der Waals surface area contributed by atoms with E-state index in [0.29, 0.717) is 17.5 Å². The molecule has 0 aliphatic carbocycles. The van der Waals surface area contributed by atoms with Crippen LogP contribution in [0.3, 0.4) is 0 Å². The Bertz CT molecular complexity index is 568. The molecule has 0 radical (unpaired) electrons. The summed E-state index contributed by atoms with van der Waals surface area (Å²) < 4.78 is 5.48. The SMILES string of the molecule is CCCNc1cc(NC(C)c2ncc(C)o2)nc(N)n1. The monoisotopic (exact) mass is 276 g/mol. The number of rotatable bonds is 6. The van der Waals surface area contributed by atoms with Gasteiger partial charge in [0.05, 0.1) is 6.20 Å². The van der Waals surface area contributed by atoms with Gasteiger partial charge < -0.3 is 20.8 Å². The molecule has 1 unspecified atom stereocenters. The van der Waals surface area contributed by atoms with E-state index >= 15 is 0 Å². The number of oxazole rings is 1. The molecule has 1 atom stereocenters. The van der Waals surface area contributed by atoms with Crippen LogP contribution in [0.5, 0.6) is 0 Å². The minimum atomic E-state index is -0.1000. The second kappa shape index (κ2) is 6.23. The molecule has 0 aromatic carbocycles. The number of hydrogen-bond donors (Lipinski definition) is 3. The average molecular weight is 276 g/mol. The minimum absolute atomic E-state index is 0.1000. The fraction of sp³-hybridized carbons (Fsp3) is 0.462. The third-order valence-electron chi connectivity index (χ3n) is 2.67. The van der Waals surface area contributed by atoms with Gasteiger partial charge >= 0.3 is 0 Å². The van der Waals surface area contributed by atoms with Crippen LogP contribution in [0.4, 0.5) is 17.6 Å². The molecule has 2 heterocycles. The Morgan fingerprint density at radius 2 is 2.10 bits per heavy atom. The number of nitrogen functional groups attached to an aromatic ring is 1. The molecule has 7 nitrogen and oxygen atoms in total. The number of aromatic nitrogens is 3. The van der Waals surface area contributed by atoms with Crippen molar-refractivity contribution < 1.29 is 4.42 Å². The lowest BCUT2D eigenvalue weighted by Gasteiger charge is -2.13. The zero-order chi connectivity index (χ0) is 14.5. The topological polar surface area (TPSA) is 102 Å². The summed E-state index contributed by atoms with van der Waals surface area (Å²) in [5.74, 6) is 2.96. The van der Waals surface area contributed by atoms with Crippen molar-refractivity contribution in [3.63, 3.8) is 0 Å². The number of nitrogens with one attached hydrogen (secondary N) is 2. The van der Waals surface area contributed by atoms with Crippen molar-refractivity contribution in [2.24, 2.45) is 0 Å². The maximum Gasteiger partial charge on any atom is 0.223 e. The van der Waals surface area contributed by atoms with E-state index in [0.717, 1.165) is 18.7 Å². The quantitative estimate of drug-likeness (QED) is 0.744. The summed E-state index contributed by atoms with van der Waals surface area (Å²) in [5.41, 5.74) is 5.71. The molecule has 2 rings (SSSR count). The van der Waals surface area contributed by atoms with Gasteiger partial charge in [0.25, 0.3) is 0 Å². The number of nitrogens with two attached hydrogens (primary N) is 1. The van der Waals surface area contributed by atoms with Crippen LogP contribution in [0.15, 0.2) is 16.7 Å². The van der Waals surface area contributed by atoms with Crippen LogP contribution in [-0.4, -0.2) is 21.5 Å². The van der Waals surface area contributed by atoms with E-state index < -0.39 is 0 Å². The zero-order valence-electron chi connectivity index (χ0n) is 12.0. The molecule has 4 N–H and O–H groups in total. The second-order valence-electron chi connectivity index (χ2n) is 4.60. The van der Waals surface area contributed by atoms with Crippen LogP contribution in [0, 0.1) is 6.92 Å². The summed E-state index contributed by atoms with van der Waals surface area (Å²) in [7, 11) is 0. The van der Waals surface area contributed by atoms with Gasteiger partial charge in [-0.1, -0.05) is 6.92 Å². The van der Waals surface area contributed by atoms with E-state index in [1.807, 2.05) is 19.9 Å². The minimum Gasteiger partial charge on any atom is -0.444 e. The van der Waals surface area contributed by atoms with Crippen LogP contribution < -0.4 is 16.4 Å². The van der Waals surface area contributed by atoms with E-state index in [2.05, 4.69) is 32.5 Å². The van der Waals surface area contributed by atoms with Crippen molar-refractivity contribution >= 4 is 17.6 Å². The van der Waals surface area contributed by atoms with Crippen molar-refractivity contribution in [1.82, 2.24) is 15.0 Å². The maximum absolute atomic E-state index is 5.71. The van der Waals surface area contributed by atoms with Crippen LogP contribution in [0.25, 0.3) is 0 Å². The van der Waals surface area contributed by atoms with E-state index in [-0.39, 0.29) is 12.0 Å². The van der Waals surface area contributed by atoms with Gasteiger partial charge in [-0.25, -0.2) is 4.98 Å². The highest BCUT2D eigenvalue weighted by Crippen LogP contribution is 2.20. The third kappa shape index (κ3) is 3.59. The van der Waals surface area contributed by atoms with E-state index in [4.69, 9.17) is 10.2 Å². The number of aryl methyl sites for hydroxylation is 1. The Morgan fingerprint density at radius 1 is 1.35 bits per heavy atom. The van der Waals surface area contributed by atoms with E-state index in [1.54, 1.807) is 6.20 Å². The van der Waals surface area contributed by atoms with Crippen LogP contribution in [0.2, 0.25) is 0 Å². The lowest BCUT2D eigenvalue weighted by molar-refractivity contribution is 0.453. The number of hydrogen-bond acceptors (Lipinski definition) is 7. The predicted octanol–water partition coefficient (Wildman–Crippen LogP) is 2.35. The molecule has 2 aromatic rings. The molecule has 0 aliphatic rings. The molecule has 0 spiro atoms. The first-order valence-electron chi connectivity index (χ1n) is 6.65. The molecule has 7 heteroatoms. The Hall–Kier alpha value is -2.31. The molecule has 0 amide bonds. The van der Waals surface area contributed by atoms with Crippen molar-refractivity contribution in [2.45, 2.75) is 33.2 Å². The summed E-state index contributed by atoms with van der Waals surface area (Å²) >= 11 is 0. The summed E-state index contributed by atoms with van der Waals surface area (Å²) in [6.45, 7) is 6.73. The standard InChI is InChI=1S/C13H20N6O/c1-4-5-15-10-6-11(19-13(14)18-10)17-9(3)12-16-7-8(2)20-12/h6-7,9H,4-5H2,1-3H3,(H4,14,15,17,18,19). The van der Waals surface area contributed by atoms with Gasteiger partial charge in [0.15, 0.2) is 0 Å². The first kappa shape index (κ1) is 14.1. The van der Waals surface area contributed by atoms with E-state index in [9.17, 15) is 0 Å². The third-order valence-corrected chi connectivity index (χ3v) is 2.67. The summed E-state index contributed by atoms with van der Waals surface area (Å²) in [6, 6.07) is 1.72. The zero-order valence-corrected chi connectivity index (χ0v) is 12.0. The molecular formula is C13H20N6O.